The zero-order valence-corrected chi connectivity index (χ0v) is 9.65. The molecule has 0 bridgehead atoms. The highest BCUT2D eigenvalue weighted by Gasteiger charge is 2.26. The summed E-state index contributed by atoms with van der Waals surface area (Å²) < 4.78 is 0. The number of thiophene rings is 1. The molecule has 0 aliphatic heterocycles. The fraction of sp³-hybridized carbons (Fsp3) is 0.667. The van der Waals surface area contributed by atoms with Crippen molar-refractivity contribution in [1.82, 2.24) is 5.32 Å². The highest BCUT2D eigenvalue weighted by Crippen LogP contribution is 2.29. The van der Waals surface area contributed by atoms with E-state index in [1.807, 2.05) is 11.3 Å². The Kier molecular flexibility index (Phi) is 3.60. The van der Waals surface area contributed by atoms with Crippen molar-refractivity contribution in [1.29, 1.82) is 0 Å². The molecule has 78 valence electrons. The first-order valence-electron chi connectivity index (χ1n) is 5.66. The molecule has 2 rings (SSSR count). The fourth-order valence-corrected chi connectivity index (χ4v) is 3.30. The van der Waals surface area contributed by atoms with Crippen LogP contribution in [0.4, 0.5) is 0 Å². The van der Waals surface area contributed by atoms with Crippen LogP contribution in [0.15, 0.2) is 17.5 Å². The number of nitrogens with one attached hydrogen (secondary N) is 1. The smallest absolute Gasteiger partial charge is 0.00986 e. The average molecular weight is 209 g/mol. The van der Waals surface area contributed by atoms with E-state index in [1.54, 1.807) is 4.88 Å². The SMILES string of the molecule is CCNC1CCCC1Cc1cccs1. The molecular weight excluding hydrogens is 190 g/mol. The van der Waals surface area contributed by atoms with Gasteiger partial charge >= 0.3 is 0 Å². The largest absolute Gasteiger partial charge is 0.314 e. The Hall–Kier alpha value is -0.340. The summed E-state index contributed by atoms with van der Waals surface area (Å²) in [5, 5.41) is 5.80. The molecule has 1 heterocycles. The van der Waals surface area contributed by atoms with Crippen LogP contribution < -0.4 is 5.32 Å². The van der Waals surface area contributed by atoms with Gasteiger partial charge in [0.05, 0.1) is 0 Å². The normalized spacial score (nSPS) is 26.9. The van der Waals surface area contributed by atoms with E-state index in [0.717, 1.165) is 18.5 Å². The quantitative estimate of drug-likeness (QED) is 0.803. The summed E-state index contributed by atoms with van der Waals surface area (Å²) in [4.78, 5) is 1.56. The molecule has 1 nitrogen and oxygen atoms in total. The van der Waals surface area contributed by atoms with Crippen LogP contribution in [0.1, 0.15) is 31.1 Å². The van der Waals surface area contributed by atoms with Gasteiger partial charge in [-0.1, -0.05) is 19.4 Å². The van der Waals surface area contributed by atoms with Crippen molar-refractivity contribution >= 4 is 11.3 Å². The van der Waals surface area contributed by atoms with E-state index in [0.29, 0.717) is 0 Å². The Bertz CT molecular complexity index is 255. The minimum atomic E-state index is 0.780. The number of hydrogen-bond acceptors (Lipinski definition) is 2. The van der Waals surface area contributed by atoms with Crippen LogP contribution in [-0.2, 0) is 6.42 Å². The highest BCUT2D eigenvalue weighted by molar-refractivity contribution is 7.09. The van der Waals surface area contributed by atoms with E-state index in [4.69, 9.17) is 0 Å². The van der Waals surface area contributed by atoms with Crippen LogP contribution in [0.3, 0.4) is 0 Å². The number of hydrogen-bond donors (Lipinski definition) is 1. The van der Waals surface area contributed by atoms with Gasteiger partial charge in [0, 0.05) is 10.9 Å². The zero-order chi connectivity index (χ0) is 9.80. The van der Waals surface area contributed by atoms with E-state index < -0.39 is 0 Å². The third kappa shape index (κ3) is 2.37. The molecule has 2 atom stereocenters. The molecule has 1 fully saturated rings. The van der Waals surface area contributed by atoms with Gasteiger partial charge in [-0.2, -0.15) is 0 Å². The third-order valence-corrected chi connectivity index (χ3v) is 4.07. The molecule has 0 amide bonds. The van der Waals surface area contributed by atoms with E-state index in [9.17, 15) is 0 Å². The maximum Gasteiger partial charge on any atom is 0.00986 e. The van der Waals surface area contributed by atoms with Gasteiger partial charge in [0.2, 0.25) is 0 Å². The molecule has 1 N–H and O–H groups in total. The number of rotatable bonds is 4. The Morgan fingerprint density at radius 1 is 1.50 bits per heavy atom. The lowest BCUT2D eigenvalue weighted by Crippen LogP contribution is -2.32. The molecule has 2 unspecified atom stereocenters. The van der Waals surface area contributed by atoms with Crippen molar-refractivity contribution in [2.45, 2.75) is 38.6 Å². The second kappa shape index (κ2) is 4.94. The lowest BCUT2D eigenvalue weighted by atomic mass is 9.99. The Morgan fingerprint density at radius 2 is 2.43 bits per heavy atom. The molecular formula is C12H19NS. The maximum atomic E-state index is 3.61. The van der Waals surface area contributed by atoms with E-state index >= 15 is 0 Å². The molecule has 1 aliphatic rings. The molecule has 0 saturated heterocycles. The second-order valence-electron chi connectivity index (χ2n) is 4.14. The van der Waals surface area contributed by atoms with Crippen molar-refractivity contribution in [2.24, 2.45) is 5.92 Å². The monoisotopic (exact) mass is 209 g/mol. The van der Waals surface area contributed by atoms with Gasteiger partial charge in [-0.05, 0) is 43.2 Å². The first kappa shape index (κ1) is 10.2. The summed E-state index contributed by atoms with van der Waals surface area (Å²) in [5.41, 5.74) is 0. The lowest BCUT2D eigenvalue weighted by molar-refractivity contribution is 0.408. The van der Waals surface area contributed by atoms with E-state index in [1.165, 1.54) is 25.7 Å². The lowest BCUT2D eigenvalue weighted by Gasteiger charge is -2.19. The van der Waals surface area contributed by atoms with Crippen LogP contribution in [0.25, 0.3) is 0 Å². The predicted molar refractivity (Wildman–Crippen MR) is 62.8 cm³/mol. The molecule has 0 aromatic carbocycles. The summed E-state index contributed by atoms with van der Waals surface area (Å²) in [6.07, 6.45) is 5.49. The van der Waals surface area contributed by atoms with Crippen molar-refractivity contribution in [3.05, 3.63) is 22.4 Å². The molecule has 0 spiro atoms. The van der Waals surface area contributed by atoms with Gasteiger partial charge < -0.3 is 5.32 Å². The molecule has 14 heavy (non-hydrogen) atoms. The summed E-state index contributed by atoms with van der Waals surface area (Å²) in [5.74, 6) is 0.883. The predicted octanol–water partition coefficient (Wildman–Crippen LogP) is 3.07. The minimum Gasteiger partial charge on any atom is -0.314 e. The van der Waals surface area contributed by atoms with Gasteiger partial charge in [-0.3, -0.25) is 0 Å². The summed E-state index contributed by atoms with van der Waals surface area (Å²) in [7, 11) is 0. The molecule has 2 heteroatoms. The van der Waals surface area contributed by atoms with Gasteiger partial charge in [0.1, 0.15) is 0 Å². The Morgan fingerprint density at radius 3 is 3.14 bits per heavy atom. The molecule has 0 radical (unpaired) electrons. The average Bonchev–Trinajstić information content (AvgIpc) is 2.80. The first-order valence-corrected chi connectivity index (χ1v) is 6.54. The van der Waals surface area contributed by atoms with Crippen molar-refractivity contribution in [2.75, 3.05) is 6.54 Å². The third-order valence-electron chi connectivity index (χ3n) is 3.17. The van der Waals surface area contributed by atoms with Crippen LogP contribution in [-0.4, -0.2) is 12.6 Å². The van der Waals surface area contributed by atoms with Gasteiger partial charge in [0.25, 0.3) is 0 Å². The van der Waals surface area contributed by atoms with Gasteiger partial charge in [-0.15, -0.1) is 11.3 Å². The van der Waals surface area contributed by atoms with Crippen molar-refractivity contribution < 1.29 is 0 Å². The van der Waals surface area contributed by atoms with E-state index in [-0.39, 0.29) is 0 Å². The second-order valence-corrected chi connectivity index (χ2v) is 5.17. The van der Waals surface area contributed by atoms with Crippen molar-refractivity contribution in [3.8, 4) is 0 Å². The standard InChI is InChI=1S/C12H19NS/c1-2-13-12-7-3-5-10(12)9-11-6-4-8-14-11/h4,6,8,10,12-13H,2-3,5,7,9H2,1H3. The fourth-order valence-electron chi connectivity index (χ4n) is 2.50. The van der Waals surface area contributed by atoms with Crippen molar-refractivity contribution in [3.63, 3.8) is 0 Å². The highest BCUT2D eigenvalue weighted by atomic mass is 32.1. The summed E-state index contributed by atoms with van der Waals surface area (Å²) in [6, 6.07) is 5.21. The molecule has 1 aromatic heterocycles. The van der Waals surface area contributed by atoms with Crippen LogP contribution >= 0.6 is 11.3 Å². The summed E-state index contributed by atoms with van der Waals surface area (Å²) in [6.45, 7) is 3.33. The van der Waals surface area contributed by atoms with Gasteiger partial charge in [-0.25, -0.2) is 0 Å². The van der Waals surface area contributed by atoms with Crippen LogP contribution in [0.5, 0.6) is 0 Å². The molecule has 1 aromatic rings. The van der Waals surface area contributed by atoms with Gasteiger partial charge in [0.15, 0.2) is 0 Å². The molecule has 1 aliphatic carbocycles. The minimum absolute atomic E-state index is 0.780. The Labute approximate surface area is 90.5 Å². The topological polar surface area (TPSA) is 12.0 Å². The zero-order valence-electron chi connectivity index (χ0n) is 8.83. The molecule has 1 saturated carbocycles. The first-order chi connectivity index (χ1) is 6.90. The maximum absolute atomic E-state index is 3.61. The van der Waals surface area contributed by atoms with Crippen LogP contribution in [0.2, 0.25) is 0 Å². The van der Waals surface area contributed by atoms with E-state index in [2.05, 4.69) is 29.8 Å². The Balaban J connectivity index is 1.90. The summed E-state index contributed by atoms with van der Waals surface area (Å²) >= 11 is 1.90. The van der Waals surface area contributed by atoms with Crippen LogP contribution in [0, 0.1) is 5.92 Å².